The number of benzene rings is 1. The molecule has 0 atom stereocenters. The monoisotopic (exact) mass is 430 g/mol. The Hall–Kier alpha value is -2.65. The highest BCUT2D eigenvalue weighted by Gasteiger charge is 2.27. The number of carbonyl (C=O) groups excluding carboxylic acids is 2. The van der Waals surface area contributed by atoms with E-state index in [1.165, 1.54) is 11.3 Å². The molecule has 0 aliphatic heterocycles. The number of aromatic nitrogens is 3. The molecule has 0 fully saturated rings. The predicted octanol–water partition coefficient (Wildman–Crippen LogP) is 3.93. The van der Waals surface area contributed by atoms with Crippen LogP contribution in [0.1, 0.15) is 50.1 Å². The van der Waals surface area contributed by atoms with Gasteiger partial charge in [0.1, 0.15) is 4.88 Å². The van der Waals surface area contributed by atoms with Gasteiger partial charge in [0.2, 0.25) is 0 Å². The number of ether oxygens (including phenoxy) is 1. The van der Waals surface area contributed by atoms with Crippen LogP contribution in [0.2, 0.25) is 0 Å². The molecular formula is C20H22N4O3S2. The van der Waals surface area contributed by atoms with Gasteiger partial charge in [0.05, 0.1) is 12.3 Å². The number of hydrogen-bond acceptors (Lipinski definition) is 8. The lowest BCUT2D eigenvalue weighted by Gasteiger charge is -2.19. The summed E-state index contributed by atoms with van der Waals surface area (Å²) in [6, 6.07) is 9.93. The van der Waals surface area contributed by atoms with Crippen molar-refractivity contribution >= 4 is 39.9 Å². The van der Waals surface area contributed by atoms with Gasteiger partial charge in [0, 0.05) is 11.4 Å². The molecule has 0 saturated heterocycles. The Morgan fingerprint density at radius 2 is 1.93 bits per heavy atom. The number of nitrogens with zero attached hydrogens (tertiary/aromatic N) is 4. The molecule has 3 rings (SSSR count). The standard InChI is InChI=1S/C20H22N4O3S2/c1-4-15-17(29-23-22-15)18(25)24(12-11-14-9-7-6-8-10-14)20-21-16(13(3)28-20)19(26)27-5-2/h6-10H,4-5,11-12H2,1-3H3. The molecule has 0 aliphatic carbocycles. The van der Waals surface area contributed by atoms with Crippen molar-refractivity contribution in [2.24, 2.45) is 0 Å². The highest BCUT2D eigenvalue weighted by molar-refractivity contribution is 7.16. The highest BCUT2D eigenvalue weighted by atomic mass is 32.1. The average molecular weight is 431 g/mol. The van der Waals surface area contributed by atoms with E-state index in [4.69, 9.17) is 4.74 Å². The summed E-state index contributed by atoms with van der Waals surface area (Å²) >= 11 is 2.39. The molecule has 0 N–H and O–H groups in total. The van der Waals surface area contributed by atoms with E-state index >= 15 is 0 Å². The van der Waals surface area contributed by atoms with E-state index in [1.807, 2.05) is 37.3 Å². The zero-order chi connectivity index (χ0) is 20.8. The predicted molar refractivity (Wildman–Crippen MR) is 114 cm³/mol. The van der Waals surface area contributed by atoms with E-state index in [-0.39, 0.29) is 18.2 Å². The average Bonchev–Trinajstić information content (AvgIpc) is 3.35. The summed E-state index contributed by atoms with van der Waals surface area (Å²) in [5.74, 6) is -0.673. The Balaban J connectivity index is 1.93. The van der Waals surface area contributed by atoms with Crippen LogP contribution in [0.15, 0.2) is 30.3 Å². The molecule has 7 nitrogen and oxygen atoms in total. The Bertz CT molecular complexity index is 985. The van der Waals surface area contributed by atoms with Gasteiger partial charge in [0.15, 0.2) is 10.8 Å². The van der Waals surface area contributed by atoms with Crippen LogP contribution in [0, 0.1) is 6.92 Å². The number of carbonyl (C=O) groups is 2. The second-order valence-electron chi connectivity index (χ2n) is 6.22. The van der Waals surface area contributed by atoms with Crippen LogP contribution in [-0.2, 0) is 17.6 Å². The second kappa shape index (κ2) is 9.71. The van der Waals surface area contributed by atoms with Gasteiger partial charge in [-0.3, -0.25) is 9.69 Å². The Morgan fingerprint density at radius 3 is 2.62 bits per heavy atom. The molecule has 0 bridgehead atoms. The van der Waals surface area contributed by atoms with Gasteiger partial charge >= 0.3 is 5.97 Å². The first-order valence-electron chi connectivity index (χ1n) is 9.36. The first kappa shape index (κ1) is 21.1. The van der Waals surface area contributed by atoms with Gasteiger partial charge in [-0.1, -0.05) is 41.7 Å². The number of rotatable bonds is 8. The molecular weight excluding hydrogens is 408 g/mol. The molecule has 1 amide bonds. The maximum absolute atomic E-state index is 13.3. The van der Waals surface area contributed by atoms with Crippen LogP contribution in [0.4, 0.5) is 5.13 Å². The van der Waals surface area contributed by atoms with Crippen molar-refractivity contribution in [2.75, 3.05) is 18.1 Å². The smallest absolute Gasteiger partial charge is 0.358 e. The molecule has 2 aromatic heterocycles. The Kier molecular flexibility index (Phi) is 7.05. The van der Waals surface area contributed by atoms with Crippen LogP contribution in [0.25, 0.3) is 0 Å². The number of anilines is 1. The lowest BCUT2D eigenvalue weighted by molar-refractivity contribution is 0.0519. The van der Waals surface area contributed by atoms with Gasteiger partial charge in [-0.15, -0.1) is 16.4 Å². The lowest BCUT2D eigenvalue weighted by atomic mass is 10.1. The van der Waals surface area contributed by atoms with Crippen molar-refractivity contribution in [1.82, 2.24) is 14.6 Å². The van der Waals surface area contributed by atoms with Crippen molar-refractivity contribution < 1.29 is 14.3 Å². The van der Waals surface area contributed by atoms with E-state index in [1.54, 1.807) is 18.7 Å². The van der Waals surface area contributed by atoms with Crippen molar-refractivity contribution in [2.45, 2.75) is 33.6 Å². The summed E-state index contributed by atoms with van der Waals surface area (Å²) in [6.07, 6.45) is 1.28. The van der Waals surface area contributed by atoms with Crippen LogP contribution < -0.4 is 4.90 Å². The molecule has 2 heterocycles. The minimum absolute atomic E-state index is 0.197. The summed E-state index contributed by atoms with van der Waals surface area (Å²) in [7, 11) is 0. The fraction of sp³-hybridized carbons (Fsp3) is 0.350. The summed E-state index contributed by atoms with van der Waals surface area (Å²) in [6.45, 7) is 6.19. The maximum atomic E-state index is 13.3. The Morgan fingerprint density at radius 1 is 1.17 bits per heavy atom. The largest absolute Gasteiger partial charge is 0.461 e. The molecule has 3 aromatic rings. The number of thiazole rings is 1. The van der Waals surface area contributed by atoms with E-state index in [2.05, 4.69) is 14.6 Å². The number of amides is 1. The molecule has 0 radical (unpaired) electrons. The number of hydrogen-bond donors (Lipinski definition) is 0. The van der Waals surface area contributed by atoms with Gasteiger partial charge in [0.25, 0.3) is 5.91 Å². The molecule has 0 aliphatic rings. The Labute approximate surface area is 177 Å². The SMILES string of the molecule is CCOC(=O)c1nc(N(CCc2ccccc2)C(=O)c2snnc2CC)sc1C. The minimum Gasteiger partial charge on any atom is -0.461 e. The van der Waals surface area contributed by atoms with Gasteiger partial charge < -0.3 is 4.74 Å². The van der Waals surface area contributed by atoms with Crippen molar-refractivity contribution in [3.05, 3.63) is 57.0 Å². The highest BCUT2D eigenvalue weighted by Crippen LogP contribution is 2.29. The van der Waals surface area contributed by atoms with Crippen LogP contribution in [-0.4, -0.2) is 39.6 Å². The maximum Gasteiger partial charge on any atom is 0.358 e. The quantitative estimate of drug-likeness (QED) is 0.503. The summed E-state index contributed by atoms with van der Waals surface area (Å²) < 4.78 is 9.02. The first-order chi connectivity index (χ1) is 14.0. The molecule has 0 unspecified atom stereocenters. The zero-order valence-corrected chi connectivity index (χ0v) is 18.2. The van der Waals surface area contributed by atoms with Gasteiger partial charge in [-0.25, -0.2) is 9.78 Å². The molecule has 29 heavy (non-hydrogen) atoms. The third-order valence-corrected chi connectivity index (χ3v) is 6.03. The topological polar surface area (TPSA) is 85.3 Å². The van der Waals surface area contributed by atoms with E-state index in [9.17, 15) is 9.59 Å². The fourth-order valence-electron chi connectivity index (χ4n) is 2.78. The van der Waals surface area contributed by atoms with E-state index < -0.39 is 5.97 Å². The van der Waals surface area contributed by atoms with Crippen molar-refractivity contribution in [3.63, 3.8) is 0 Å². The molecule has 9 heteroatoms. The lowest BCUT2D eigenvalue weighted by Crippen LogP contribution is -2.33. The number of esters is 1. The summed E-state index contributed by atoms with van der Waals surface area (Å²) in [4.78, 5) is 32.8. The minimum atomic E-state index is -0.475. The third kappa shape index (κ3) is 4.86. The van der Waals surface area contributed by atoms with Gasteiger partial charge in [-0.2, -0.15) is 0 Å². The third-order valence-electron chi connectivity index (χ3n) is 4.28. The summed E-state index contributed by atoms with van der Waals surface area (Å²) in [5, 5.41) is 4.53. The molecule has 152 valence electrons. The van der Waals surface area contributed by atoms with E-state index in [0.717, 1.165) is 17.1 Å². The van der Waals surface area contributed by atoms with Crippen LogP contribution >= 0.6 is 22.9 Å². The summed E-state index contributed by atoms with van der Waals surface area (Å²) in [5.41, 5.74) is 2.04. The fourth-order valence-corrected chi connectivity index (χ4v) is 4.40. The second-order valence-corrected chi connectivity index (χ2v) is 8.15. The molecule has 0 spiro atoms. The van der Waals surface area contributed by atoms with Crippen LogP contribution in [0.3, 0.4) is 0 Å². The van der Waals surface area contributed by atoms with Gasteiger partial charge in [-0.05, 0) is 43.8 Å². The normalized spacial score (nSPS) is 10.7. The molecule has 0 saturated carbocycles. The van der Waals surface area contributed by atoms with Crippen molar-refractivity contribution in [3.8, 4) is 0 Å². The number of aryl methyl sites for hydroxylation is 2. The van der Waals surface area contributed by atoms with Crippen LogP contribution in [0.5, 0.6) is 0 Å². The van der Waals surface area contributed by atoms with E-state index in [0.29, 0.717) is 40.0 Å². The van der Waals surface area contributed by atoms with Crippen molar-refractivity contribution in [1.29, 1.82) is 0 Å². The zero-order valence-electron chi connectivity index (χ0n) is 16.5. The first-order valence-corrected chi connectivity index (χ1v) is 11.0. The molecule has 1 aromatic carbocycles.